The van der Waals surface area contributed by atoms with Crippen LogP contribution in [0.15, 0.2) is 0 Å². The summed E-state index contributed by atoms with van der Waals surface area (Å²) in [7, 11) is 0. The summed E-state index contributed by atoms with van der Waals surface area (Å²) in [6.07, 6.45) is -1.38. The van der Waals surface area contributed by atoms with Crippen molar-refractivity contribution in [2.45, 2.75) is 43.8 Å². The number of hydrogen-bond donors (Lipinski definition) is 1. The summed E-state index contributed by atoms with van der Waals surface area (Å²) in [5, 5.41) is 2.13. The highest BCUT2D eigenvalue weighted by molar-refractivity contribution is 5.77. The lowest BCUT2D eigenvalue weighted by atomic mass is 10.1. The Bertz CT molecular complexity index is 493. The van der Waals surface area contributed by atoms with Gasteiger partial charge in [-0.05, 0) is 32.1 Å². The smallest absolute Gasteiger partial charge is 0.325 e. The van der Waals surface area contributed by atoms with E-state index in [-0.39, 0.29) is 32.0 Å². The zero-order valence-electron chi connectivity index (χ0n) is 13.6. The Balaban J connectivity index is 1.48. The van der Waals surface area contributed by atoms with Crippen LogP contribution < -0.4 is 5.32 Å². The molecule has 0 aromatic rings. The Morgan fingerprint density at radius 1 is 0.792 bits per heavy atom. The average molecular weight is 348 g/mol. The normalized spacial score (nSPS) is 23.9. The summed E-state index contributed by atoms with van der Waals surface area (Å²) in [4.78, 5) is 29.3. The van der Waals surface area contributed by atoms with Gasteiger partial charge < -0.3 is 20.0 Å². The van der Waals surface area contributed by atoms with Crippen LogP contribution in [-0.2, 0) is 0 Å². The van der Waals surface area contributed by atoms with Crippen molar-refractivity contribution >= 4 is 12.1 Å². The fourth-order valence-corrected chi connectivity index (χ4v) is 3.27. The molecule has 1 saturated carbocycles. The van der Waals surface area contributed by atoms with E-state index < -0.39 is 17.7 Å². The lowest BCUT2D eigenvalue weighted by Crippen LogP contribution is -2.59. The number of likely N-dealkylation sites (tertiary alicyclic amines) is 1. The Labute approximate surface area is 138 Å². The van der Waals surface area contributed by atoms with Gasteiger partial charge in [0.1, 0.15) is 5.54 Å². The summed E-state index contributed by atoms with van der Waals surface area (Å²) in [6.45, 7) is 2.77. The van der Waals surface area contributed by atoms with E-state index in [0.717, 1.165) is 32.4 Å². The van der Waals surface area contributed by atoms with Crippen LogP contribution in [0.2, 0.25) is 0 Å². The number of rotatable bonds is 1. The van der Waals surface area contributed by atoms with Crippen molar-refractivity contribution < 1.29 is 22.8 Å². The molecule has 3 rings (SSSR count). The van der Waals surface area contributed by atoms with Crippen LogP contribution in [0.25, 0.3) is 0 Å². The van der Waals surface area contributed by atoms with E-state index in [2.05, 4.69) is 5.32 Å². The molecule has 6 nitrogen and oxygen atoms in total. The number of nitrogens with zero attached hydrogens (tertiary/aromatic N) is 3. The first-order valence-corrected chi connectivity index (χ1v) is 8.50. The molecule has 9 heteroatoms. The summed E-state index contributed by atoms with van der Waals surface area (Å²) in [5.41, 5.74) is -2.04. The van der Waals surface area contributed by atoms with Gasteiger partial charge >= 0.3 is 18.2 Å². The first kappa shape index (κ1) is 17.2. The molecular weight excluding hydrogens is 325 g/mol. The van der Waals surface area contributed by atoms with Gasteiger partial charge in [0.15, 0.2) is 0 Å². The number of hydrogen-bond acceptors (Lipinski definition) is 2. The van der Waals surface area contributed by atoms with Gasteiger partial charge in [0.05, 0.1) is 0 Å². The van der Waals surface area contributed by atoms with E-state index in [1.807, 2.05) is 4.90 Å². The number of halogens is 3. The van der Waals surface area contributed by atoms with Crippen LogP contribution in [0.1, 0.15) is 32.1 Å². The molecule has 0 atom stereocenters. The van der Waals surface area contributed by atoms with Crippen molar-refractivity contribution in [2.75, 3.05) is 39.3 Å². The van der Waals surface area contributed by atoms with Gasteiger partial charge in [-0.25, -0.2) is 9.59 Å². The molecule has 24 heavy (non-hydrogen) atoms. The van der Waals surface area contributed by atoms with Gasteiger partial charge in [-0.1, -0.05) is 0 Å². The summed E-state index contributed by atoms with van der Waals surface area (Å²) in [5.74, 6) is 0. The van der Waals surface area contributed by atoms with Gasteiger partial charge in [-0.3, -0.25) is 0 Å². The third kappa shape index (κ3) is 3.39. The number of amides is 4. The molecule has 1 aliphatic carbocycles. The van der Waals surface area contributed by atoms with Crippen LogP contribution in [0, 0.1) is 0 Å². The van der Waals surface area contributed by atoms with Crippen molar-refractivity contribution in [2.24, 2.45) is 0 Å². The van der Waals surface area contributed by atoms with Crippen LogP contribution in [0.4, 0.5) is 22.8 Å². The van der Waals surface area contributed by atoms with Gasteiger partial charge in [-0.2, -0.15) is 13.2 Å². The highest BCUT2D eigenvalue weighted by atomic mass is 19.4. The molecule has 0 unspecified atom stereocenters. The molecule has 4 amide bonds. The second-order valence-electron chi connectivity index (χ2n) is 6.81. The maximum Gasteiger partial charge on any atom is 0.411 e. The monoisotopic (exact) mass is 348 g/mol. The standard InChI is InChI=1S/C15H23F3N4O2/c16-15(17,18)14(4-5-14)19-12(23)20-8-10-22(11-9-20)13(24)21-6-2-1-3-7-21/h1-11H2,(H,19,23). The molecule has 2 heterocycles. The Morgan fingerprint density at radius 2 is 1.29 bits per heavy atom. The molecule has 2 saturated heterocycles. The lowest BCUT2D eigenvalue weighted by Gasteiger charge is -2.39. The first-order chi connectivity index (χ1) is 11.3. The van der Waals surface area contributed by atoms with Crippen molar-refractivity contribution in [3.05, 3.63) is 0 Å². The average Bonchev–Trinajstić information content (AvgIpc) is 3.36. The van der Waals surface area contributed by atoms with Crippen molar-refractivity contribution in [3.8, 4) is 0 Å². The number of piperazine rings is 1. The minimum absolute atomic E-state index is 0.0243. The number of carbonyl (C=O) groups excluding carboxylic acids is 2. The minimum atomic E-state index is -4.41. The second-order valence-corrected chi connectivity index (χ2v) is 6.81. The first-order valence-electron chi connectivity index (χ1n) is 8.50. The number of nitrogens with one attached hydrogen (secondary N) is 1. The maximum absolute atomic E-state index is 12.9. The summed E-state index contributed by atoms with van der Waals surface area (Å²) < 4.78 is 38.7. The SMILES string of the molecule is O=C(NC1(C(F)(F)F)CC1)N1CCN(C(=O)N2CCCCC2)CC1. The van der Waals surface area contributed by atoms with Crippen molar-refractivity contribution in [1.29, 1.82) is 0 Å². The van der Waals surface area contributed by atoms with Gasteiger partial charge in [0.2, 0.25) is 0 Å². The Hall–Kier alpha value is -1.67. The van der Waals surface area contributed by atoms with Crippen LogP contribution in [-0.4, -0.2) is 77.7 Å². The van der Waals surface area contributed by atoms with E-state index in [1.165, 1.54) is 4.90 Å². The maximum atomic E-state index is 12.9. The molecular formula is C15H23F3N4O2. The zero-order chi connectivity index (χ0) is 17.4. The second kappa shape index (κ2) is 6.33. The topological polar surface area (TPSA) is 55.9 Å². The van der Waals surface area contributed by atoms with E-state index in [9.17, 15) is 22.8 Å². The third-order valence-electron chi connectivity index (χ3n) is 5.10. The molecule has 0 spiro atoms. The number of urea groups is 2. The van der Waals surface area contributed by atoms with Crippen LogP contribution >= 0.6 is 0 Å². The number of alkyl halides is 3. The zero-order valence-corrected chi connectivity index (χ0v) is 13.6. The van der Waals surface area contributed by atoms with E-state index in [0.29, 0.717) is 13.1 Å². The van der Waals surface area contributed by atoms with E-state index in [1.54, 1.807) is 4.90 Å². The van der Waals surface area contributed by atoms with Crippen molar-refractivity contribution in [3.63, 3.8) is 0 Å². The molecule has 136 valence electrons. The van der Waals surface area contributed by atoms with Crippen LogP contribution in [0.5, 0.6) is 0 Å². The number of carbonyl (C=O) groups is 2. The molecule has 0 aromatic heterocycles. The van der Waals surface area contributed by atoms with Gasteiger partial charge in [-0.15, -0.1) is 0 Å². The highest BCUT2D eigenvalue weighted by Crippen LogP contribution is 2.49. The largest absolute Gasteiger partial charge is 0.411 e. The van der Waals surface area contributed by atoms with Crippen molar-refractivity contribution in [1.82, 2.24) is 20.0 Å². The minimum Gasteiger partial charge on any atom is -0.325 e. The molecule has 3 fully saturated rings. The molecule has 0 radical (unpaired) electrons. The Kier molecular flexibility index (Phi) is 4.52. The van der Waals surface area contributed by atoms with Gasteiger partial charge in [0, 0.05) is 39.3 Å². The Morgan fingerprint density at radius 3 is 1.79 bits per heavy atom. The predicted molar refractivity (Wildman–Crippen MR) is 80.5 cm³/mol. The molecule has 0 aromatic carbocycles. The lowest BCUT2D eigenvalue weighted by molar-refractivity contribution is -0.163. The molecule has 3 aliphatic rings. The molecule has 0 bridgehead atoms. The predicted octanol–water partition coefficient (Wildman–Crippen LogP) is 2.01. The van der Waals surface area contributed by atoms with E-state index in [4.69, 9.17) is 0 Å². The summed E-state index contributed by atoms with van der Waals surface area (Å²) >= 11 is 0. The van der Waals surface area contributed by atoms with Gasteiger partial charge in [0.25, 0.3) is 0 Å². The highest BCUT2D eigenvalue weighted by Gasteiger charge is 2.64. The fourth-order valence-electron chi connectivity index (χ4n) is 3.27. The van der Waals surface area contributed by atoms with Crippen LogP contribution in [0.3, 0.4) is 0 Å². The summed E-state index contributed by atoms with van der Waals surface area (Å²) in [6, 6.07) is -0.710. The van der Waals surface area contributed by atoms with E-state index >= 15 is 0 Å². The number of piperidine rings is 1. The third-order valence-corrected chi connectivity index (χ3v) is 5.10. The molecule has 1 N–H and O–H groups in total. The fraction of sp³-hybridized carbons (Fsp3) is 0.867. The molecule has 2 aliphatic heterocycles. The quantitative estimate of drug-likeness (QED) is 0.788.